The number of benzene rings is 2. The van der Waals surface area contributed by atoms with Gasteiger partial charge in [0.15, 0.2) is 17.5 Å². The molecule has 1 heterocycles. The van der Waals surface area contributed by atoms with Crippen molar-refractivity contribution in [1.82, 2.24) is 20.2 Å². The second-order valence-corrected chi connectivity index (χ2v) is 6.39. The number of ether oxygens (including phenoxy) is 3. The lowest BCUT2D eigenvalue weighted by molar-refractivity contribution is 0.323. The maximum absolute atomic E-state index is 5.41. The van der Waals surface area contributed by atoms with E-state index in [1.807, 2.05) is 37.4 Å². The quantitative estimate of drug-likeness (QED) is 0.471. The lowest BCUT2D eigenvalue weighted by Crippen LogP contribution is -2.36. The fourth-order valence-electron chi connectivity index (χ4n) is 3.16. The molecule has 29 heavy (non-hydrogen) atoms. The van der Waals surface area contributed by atoms with Crippen LogP contribution in [-0.2, 0) is 20.1 Å². The van der Waals surface area contributed by atoms with E-state index in [1.165, 1.54) is 0 Å². The van der Waals surface area contributed by atoms with Gasteiger partial charge >= 0.3 is 0 Å². The predicted octanol–water partition coefficient (Wildman–Crippen LogP) is 2.46. The third kappa shape index (κ3) is 4.37. The van der Waals surface area contributed by atoms with E-state index in [9.17, 15) is 0 Å². The molecule has 0 saturated carbocycles. The summed E-state index contributed by atoms with van der Waals surface area (Å²) in [5, 5.41) is 6.61. The van der Waals surface area contributed by atoms with Gasteiger partial charge < -0.3 is 29.4 Å². The third-order valence-corrected chi connectivity index (χ3v) is 4.70. The molecule has 0 aliphatic carbocycles. The van der Waals surface area contributed by atoms with Gasteiger partial charge in [-0.1, -0.05) is 12.1 Å². The highest BCUT2D eigenvalue weighted by atomic mass is 16.5. The summed E-state index contributed by atoms with van der Waals surface area (Å²) in [6.45, 7) is 1.10. The van der Waals surface area contributed by atoms with Gasteiger partial charge in [0.2, 0.25) is 5.75 Å². The molecule has 3 rings (SSSR count). The summed E-state index contributed by atoms with van der Waals surface area (Å²) in [6, 6.07) is 11.9. The molecule has 0 aliphatic heterocycles. The van der Waals surface area contributed by atoms with Gasteiger partial charge in [0.25, 0.3) is 0 Å². The number of methoxy groups -OCH3 is 3. The number of fused-ring (bicyclic) bond motifs is 1. The molecule has 0 bridgehead atoms. The Bertz CT molecular complexity index is 988. The molecule has 0 spiro atoms. The molecule has 0 saturated heterocycles. The lowest BCUT2D eigenvalue weighted by atomic mass is 10.2. The molecule has 1 aromatic heterocycles. The largest absolute Gasteiger partial charge is 0.493 e. The molecule has 8 heteroatoms. The zero-order chi connectivity index (χ0) is 20.8. The number of para-hydroxylation sites is 2. The number of nitrogens with zero attached hydrogens (tertiary/aromatic N) is 3. The summed E-state index contributed by atoms with van der Waals surface area (Å²) in [7, 11) is 8.54. The van der Waals surface area contributed by atoms with Crippen LogP contribution in [0.25, 0.3) is 11.0 Å². The first-order chi connectivity index (χ1) is 14.1. The first-order valence-electron chi connectivity index (χ1n) is 9.25. The van der Waals surface area contributed by atoms with Crippen LogP contribution in [0.15, 0.2) is 41.4 Å². The van der Waals surface area contributed by atoms with Crippen LogP contribution in [0.1, 0.15) is 11.4 Å². The van der Waals surface area contributed by atoms with Crippen LogP contribution >= 0.6 is 0 Å². The molecule has 8 nitrogen and oxygen atoms in total. The number of guanidine groups is 1. The van der Waals surface area contributed by atoms with Crippen LogP contribution in [0.3, 0.4) is 0 Å². The van der Waals surface area contributed by atoms with E-state index in [0.717, 1.165) is 22.4 Å². The van der Waals surface area contributed by atoms with Crippen LogP contribution in [-0.4, -0.2) is 43.9 Å². The van der Waals surface area contributed by atoms with E-state index in [0.29, 0.717) is 36.3 Å². The van der Waals surface area contributed by atoms with Crippen molar-refractivity contribution in [2.24, 2.45) is 12.0 Å². The van der Waals surface area contributed by atoms with Gasteiger partial charge in [0.1, 0.15) is 5.82 Å². The molecular weight excluding hydrogens is 370 g/mol. The van der Waals surface area contributed by atoms with Crippen LogP contribution in [0.2, 0.25) is 0 Å². The highest BCUT2D eigenvalue weighted by molar-refractivity contribution is 5.80. The van der Waals surface area contributed by atoms with Crippen molar-refractivity contribution in [2.75, 3.05) is 28.4 Å². The van der Waals surface area contributed by atoms with Crippen LogP contribution in [0, 0.1) is 0 Å². The van der Waals surface area contributed by atoms with Crippen molar-refractivity contribution < 1.29 is 14.2 Å². The molecule has 2 N–H and O–H groups in total. The molecular formula is C21H27N5O3. The van der Waals surface area contributed by atoms with E-state index in [1.54, 1.807) is 28.4 Å². The normalized spacial score (nSPS) is 11.4. The molecule has 0 aliphatic rings. The lowest BCUT2D eigenvalue weighted by Gasteiger charge is -2.16. The summed E-state index contributed by atoms with van der Waals surface area (Å²) in [6.07, 6.45) is 0. The third-order valence-electron chi connectivity index (χ3n) is 4.70. The Kier molecular flexibility index (Phi) is 6.43. The molecule has 0 amide bonds. The first-order valence-corrected chi connectivity index (χ1v) is 9.25. The number of aromatic nitrogens is 2. The summed E-state index contributed by atoms with van der Waals surface area (Å²) in [5.41, 5.74) is 3.06. The monoisotopic (exact) mass is 397 g/mol. The maximum atomic E-state index is 5.41. The molecule has 0 atom stereocenters. The van der Waals surface area contributed by atoms with E-state index >= 15 is 0 Å². The van der Waals surface area contributed by atoms with Crippen molar-refractivity contribution in [3.8, 4) is 17.2 Å². The van der Waals surface area contributed by atoms with Crippen molar-refractivity contribution in [3.63, 3.8) is 0 Å². The topological polar surface area (TPSA) is 81.9 Å². The Hall–Kier alpha value is -3.42. The van der Waals surface area contributed by atoms with Crippen LogP contribution in [0.5, 0.6) is 17.2 Å². The van der Waals surface area contributed by atoms with Crippen LogP contribution < -0.4 is 24.8 Å². The Morgan fingerprint density at radius 2 is 1.66 bits per heavy atom. The summed E-state index contributed by atoms with van der Waals surface area (Å²) in [4.78, 5) is 8.96. The number of rotatable bonds is 7. The van der Waals surface area contributed by atoms with Gasteiger partial charge in [-0.3, -0.25) is 4.99 Å². The predicted molar refractivity (Wildman–Crippen MR) is 114 cm³/mol. The minimum atomic E-state index is 0.541. The minimum Gasteiger partial charge on any atom is -0.493 e. The Balaban J connectivity index is 1.67. The average molecular weight is 397 g/mol. The zero-order valence-corrected chi connectivity index (χ0v) is 17.4. The fraction of sp³-hybridized carbons (Fsp3) is 0.333. The van der Waals surface area contributed by atoms with E-state index in [4.69, 9.17) is 14.2 Å². The highest BCUT2D eigenvalue weighted by Crippen LogP contribution is 2.38. The van der Waals surface area contributed by atoms with Crippen molar-refractivity contribution in [2.45, 2.75) is 13.1 Å². The molecule has 2 aromatic carbocycles. The first kappa shape index (κ1) is 20.3. The SMILES string of the molecule is CN=C(NCc1cc(OC)c(OC)c(OC)c1)NCc1nc2ccccc2n1C. The highest BCUT2D eigenvalue weighted by Gasteiger charge is 2.13. The van der Waals surface area contributed by atoms with Crippen LogP contribution in [0.4, 0.5) is 0 Å². The smallest absolute Gasteiger partial charge is 0.203 e. The number of aryl methyl sites for hydroxylation is 1. The second kappa shape index (κ2) is 9.18. The molecule has 0 fully saturated rings. The van der Waals surface area contributed by atoms with Gasteiger partial charge in [0, 0.05) is 20.6 Å². The molecule has 0 radical (unpaired) electrons. The average Bonchev–Trinajstić information content (AvgIpc) is 3.08. The molecule has 154 valence electrons. The number of imidazole rings is 1. The van der Waals surface area contributed by atoms with Gasteiger partial charge in [-0.05, 0) is 29.8 Å². The van der Waals surface area contributed by atoms with E-state index in [2.05, 4.69) is 31.2 Å². The maximum Gasteiger partial charge on any atom is 0.203 e. The van der Waals surface area contributed by atoms with Crippen molar-refractivity contribution in [1.29, 1.82) is 0 Å². The van der Waals surface area contributed by atoms with Crippen molar-refractivity contribution in [3.05, 3.63) is 47.8 Å². The van der Waals surface area contributed by atoms with Gasteiger partial charge in [-0.25, -0.2) is 4.98 Å². The summed E-state index contributed by atoms with van der Waals surface area (Å²) < 4.78 is 18.3. The van der Waals surface area contributed by atoms with Gasteiger partial charge in [-0.15, -0.1) is 0 Å². The van der Waals surface area contributed by atoms with Crippen molar-refractivity contribution >= 4 is 17.0 Å². The van der Waals surface area contributed by atoms with E-state index in [-0.39, 0.29) is 0 Å². The number of nitrogens with one attached hydrogen (secondary N) is 2. The zero-order valence-electron chi connectivity index (χ0n) is 17.4. The fourth-order valence-corrected chi connectivity index (χ4v) is 3.16. The summed E-state index contributed by atoms with van der Waals surface area (Å²) >= 11 is 0. The minimum absolute atomic E-state index is 0.541. The van der Waals surface area contributed by atoms with Gasteiger partial charge in [0.05, 0.1) is 38.9 Å². The van der Waals surface area contributed by atoms with E-state index < -0.39 is 0 Å². The Morgan fingerprint density at radius 3 is 2.24 bits per heavy atom. The Morgan fingerprint density at radius 1 is 1.00 bits per heavy atom. The number of aliphatic imine (C=N–C) groups is 1. The molecule has 0 unspecified atom stereocenters. The summed E-state index contributed by atoms with van der Waals surface area (Å²) in [5.74, 6) is 3.41. The Labute approximate surface area is 170 Å². The molecule has 3 aromatic rings. The second-order valence-electron chi connectivity index (χ2n) is 6.39. The number of hydrogen-bond donors (Lipinski definition) is 2. The standard InChI is InChI=1S/C21H27N5O3/c1-22-21(24-13-19-25-15-8-6-7-9-16(15)26(19)2)23-12-14-10-17(27-3)20(29-5)18(11-14)28-4/h6-11H,12-13H2,1-5H3,(H2,22,23,24). The number of hydrogen-bond acceptors (Lipinski definition) is 5. The van der Waals surface area contributed by atoms with Gasteiger partial charge in [-0.2, -0.15) is 0 Å².